The first kappa shape index (κ1) is 15.2. The number of para-hydroxylation sites is 1. The average molecular weight is 307 g/mol. The highest BCUT2D eigenvalue weighted by atomic mass is 16.2. The molecule has 0 bridgehead atoms. The number of amides is 2. The van der Waals surface area contributed by atoms with Gasteiger partial charge in [-0.2, -0.15) is 0 Å². The molecule has 2 amide bonds. The second-order valence-corrected chi connectivity index (χ2v) is 5.68. The first-order chi connectivity index (χ1) is 11.2. The summed E-state index contributed by atoms with van der Waals surface area (Å²) < 4.78 is 0. The number of aromatic nitrogens is 1. The van der Waals surface area contributed by atoms with E-state index in [9.17, 15) is 4.79 Å². The summed E-state index contributed by atoms with van der Waals surface area (Å²) in [5.74, 6) is 0. The maximum atomic E-state index is 12.1. The van der Waals surface area contributed by atoms with Crippen LogP contribution in [0, 0.1) is 0 Å². The van der Waals surface area contributed by atoms with Crippen LogP contribution in [0.15, 0.2) is 60.8 Å². The Morgan fingerprint density at radius 3 is 2.65 bits per heavy atom. The largest absolute Gasteiger partial charge is 0.361 e. The molecule has 23 heavy (non-hydrogen) atoms. The third kappa shape index (κ3) is 3.72. The van der Waals surface area contributed by atoms with Crippen molar-refractivity contribution < 1.29 is 4.79 Å². The highest BCUT2D eigenvalue weighted by Crippen LogP contribution is 2.17. The minimum atomic E-state index is -0.0475. The fourth-order valence-electron chi connectivity index (χ4n) is 2.71. The summed E-state index contributed by atoms with van der Waals surface area (Å²) in [6.45, 7) is 1.24. The van der Waals surface area contributed by atoms with Gasteiger partial charge in [0.15, 0.2) is 0 Å². The van der Waals surface area contributed by atoms with Crippen LogP contribution in [0.3, 0.4) is 0 Å². The molecule has 1 heterocycles. The van der Waals surface area contributed by atoms with Gasteiger partial charge in [0.1, 0.15) is 0 Å². The predicted molar refractivity (Wildman–Crippen MR) is 93.3 cm³/mol. The molecular weight excluding hydrogens is 286 g/mol. The van der Waals surface area contributed by atoms with Crippen LogP contribution in [-0.2, 0) is 13.0 Å². The highest BCUT2D eigenvalue weighted by Gasteiger charge is 2.09. The quantitative estimate of drug-likeness (QED) is 0.744. The predicted octanol–water partition coefficient (Wildman–Crippen LogP) is 3.55. The van der Waals surface area contributed by atoms with Gasteiger partial charge >= 0.3 is 6.03 Å². The number of H-pyrrole nitrogens is 1. The van der Waals surface area contributed by atoms with Gasteiger partial charge in [0.2, 0.25) is 0 Å². The maximum absolute atomic E-state index is 12.1. The fraction of sp³-hybridized carbons (Fsp3) is 0.211. The lowest BCUT2D eigenvalue weighted by Crippen LogP contribution is -2.37. The Balaban J connectivity index is 1.51. The van der Waals surface area contributed by atoms with Crippen molar-refractivity contribution in [3.63, 3.8) is 0 Å². The molecule has 0 saturated carbocycles. The molecule has 2 aromatic carbocycles. The molecule has 0 radical (unpaired) electrons. The molecule has 3 rings (SSSR count). The number of aromatic amines is 1. The molecule has 2 N–H and O–H groups in total. The Hall–Kier alpha value is -2.75. The monoisotopic (exact) mass is 307 g/mol. The number of benzene rings is 2. The third-order valence-corrected chi connectivity index (χ3v) is 3.95. The zero-order valence-electron chi connectivity index (χ0n) is 13.3. The number of hydrogen-bond acceptors (Lipinski definition) is 1. The summed E-state index contributed by atoms with van der Waals surface area (Å²) >= 11 is 0. The molecular formula is C19H21N3O. The van der Waals surface area contributed by atoms with Gasteiger partial charge in [-0.15, -0.1) is 0 Å². The number of nitrogens with zero attached hydrogens (tertiary/aromatic N) is 1. The second-order valence-electron chi connectivity index (χ2n) is 5.68. The molecule has 0 fully saturated rings. The van der Waals surface area contributed by atoms with Gasteiger partial charge in [0.25, 0.3) is 0 Å². The molecule has 0 atom stereocenters. The number of hydrogen-bond donors (Lipinski definition) is 2. The van der Waals surface area contributed by atoms with Crippen molar-refractivity contribution in [2.45, 2.75) is 13.0 Å². The van der Waals surface area contributed by atoms with Crippen LogP contribution in [0.5, 0.6) is 0 Å². The van der Waals surface area contributed by atoms with E-state index in [-0.39, 0.29) is 6.03 Å². The SMILES string of the molecule is CN(Cc1ccccc1)C(=O)NCCc1c[nH]c2ccccc12. The van der Waals surface area contributed by atoms with Crippen molar-refractivity contribution in [1.82, 2.24) is 15.2 Å². The number of urea groups is 1. The minimum absolute atomic E-state index is 0.0475. The van der Waals surface area contributed by atoms with Crippen LogP contribution in [0.1, 0.15) is 11.1 Å². The maximum Gasteiger partial charge on any atom is 0.317 e. The first-order valence-corrected chi connectivity index (χ1v) is 7.82. The van der Waals surface area contributed by atoms with E-state index < -0.39 is 0 Å². The van der Waals surface area contributed by atoms with Gasteiger partial charge in [-0.05, 0) is 23.6 Å². The van der Waals surface area contributed by atoms with Crippen LogP contribution < -0.4 is 5.32 Å². The highest BCUT2D eigenvalue weighted by molar-refractivity contribution is 5.83. The molecule has 118 valence electrons. The van der Waals surface area contributed by atoms with Crippen molar-refractivity contribution in [2.75, 3.05) is 13.6 Å². The van der Waals surface area contributed by atoms with E-state index >= 15 is 0 Å². The van der Waals surface area contributed by atoms with Crippen LogP contribution in [0.2, 0.25) is 0 Å². The molecule has 3 aromatic rings. The van der Waals surface area contributed by atoms with Gasteiger partial charge < -0.3 is 15.2 Å². The number of carbonyl (C=O) groups excluding carboxylic acids is 1. The lowest BCUT2D eigenvalue weighted by Gasteiger charge is -2.18. The summed E-state index contributed by atoms with van der Waals surface area (Å²) in [5, 5.41) is 4.20. The summed E-state index contributed by atoms with van der Waals surface area (Å²) in [5.41, 5.74) is 3.49. The zero-order valence-corrected chi connectivity index (χ0v) is 13.3. The van der Waals surface area contributed by atoms with Gasteiger partial charge in [-0.1, -0.05) is 48.5 Å². The molecule has 0 unspecified atom stereocenters. The van der Waals surface area contributed by atoms with E-state index in [1.54, 1.807) is 4.90 Å². The van der Waals surface area contributed by atoms with E-state index in [0.29, 0.717) is 13.1 Å². The number of carbonyl (C=O) groups is 1. The smallest absolute Gasteiger partial charge is 0.317 e. The lowest BCUT2D eigenvalue weighted by atomic mass is 10.1. The van der Waals surface area contributed by atoms with Crippen LogP contribution in [0.25, 0.3) is 10.9 Å². The van der Waals surface area contributed by atoms with E-state index in [4.69, 9.17) is 0 Å². The Labute approximate surface area is 136 Å². The Kier molecular flexibility index (Phi) is 4.62. The van der Waals surface area contributed by atoms with E-state index in [0.717, 1.165) is 17.5 Å². The normalized spacial score (nSPS) is 10.7. The lowest BCUT2D eigenvalue weighted by molar-refractivity contribution is 0.207. The topological polar surface area (TPSA) is 48.1 Å². The molecule has 0 saturated heterocycles. The average Bonchev–Trinajstić information content (AvgIpc) is 2.99. The zero-order chi connectivity index (χ0) is 16.1. The van der Waals surface area contributed by atoms with Gasteiger partial charge in [0, 0.05) is 37.2 Å². The first-order valence-electron chi connectivity index (χ1n) is 7.82. The molecule has 1 aromatic heterocycles. The van der Waals surface area contributed by atoms with E-state index in [1.807, 2.05) is 55.7 Å². The standard InChI is InChI=1S/C19H21N3O/c1-22(14-15-7-3-2-4-8-15)19(23)20-12-11-16-13-21-18-10-6-5-9-17(16)18/h2-10,13,21H,11-12,14H2,1H3,(H,20,23). The van der Waals surface area contributed by atoms with Crippen molar-refractivity contribution >= 4 is 16.9 Å². The number of nitrogens with one attached hydrogen (secondary N) is 2. The van der Waals surface area contributed by atoms with Crippen LogP contribution in [-0.4, -0.2) is 29.5 Å². The Bertz CT molecular complexity index is 779. The third-order valence-electron chi connectivity index (χ3n) is 3.95. The summed E-state index contributed by atoms with van der Waals surface area (Å²) in [6, 6.07) is 18.2. The fourth-order valence-corrected chi connectivity index (χ4v) is 2.71. The molecule has 0 spiro atoms. The van der Waals surface area contributed by atoms with Gasteiger partial charge in [0.05, 0.1) is 0 Å². The van der Waals surface area contributed by atoms with Crippen molar-refractivity contribution in [3.8, 4) is 0 Å². The van der Waals surface area contributed by atoms with Crippen LogP contribution >= 0.6 is 0 Å². The van der Waals surface area contributed by atoms with Crippen molar-refractivity contribution in [2.24, 2.45) is 0 Å². The number of fused-ring (bicyclic) bond motifs is 1. The molecule has 0 aliphatic heterocycles. The van der Waals surface area contributed by atoms with Gasteiger partial charge in [-0.3, -0.25) is 0 Å². The van der Waals surface area contributed by atoms with Crippen LogP contribution in [0.4, 0.5) is 4.79 Å². The number of rotatable bonds is 5. The Morgan fingerprint density at radius 1 is 1.09 bits per heavy atom. The van der Waals surface area contributed by atoms with Crippen molar-refractivity contribution in [1.29, 1.82) is 0 Å². The van der Waals surface area contributed by atoms with E-state index in [1.165, 1.54) is 10.9 Å². The van der Waals surface area contributed by atoms with E-state index in [2.05, 4.69) is 22.4 Å². The summed E-state index contributed by atoms with van der Waals surface area (Å²) in [7, 11) is 1.81. The molecule has 0 aliphatic rings. The summed E-state index contributed by atoms with van der Waals surface area (Å²) in [6.07, 6.45) is 2.83. The molecule has 0 aliphatic carbocycles. The van der Waals surface area contributed by atoms with Crippen molar-refractivity contribution in [3.05, 3.63) is 71.9 Å². The Morgan fingerprint density at radius 2 is 1.83 bits per heavy atom. The second kappa shape index (κ2) is 7.01. The molecule has 4 heteroatoms. The molecule has 4 nitrogen and oxygen atoms in total. The minimum Gasteiger partial charge on any atom is -0.361 e. The van der Waals surface area contributed by atoms with Gasteiger partial charge in [-0.25, -0.2) is 4.79 Å². The summed E-state index contributed by atoms with van der Waals surface area (Å²) in [4.78, 5) is 17.1.